The minimum absolute atomic E-state index is 0.265. The maximum absolute atomic E-state index is 8.87. The number of hydrogen-bond acceptors (Lipinski definition) is 4. The quantitative estimate of drug-likeness (QED) is 0.469. The largest absolute Gasteiger partial charge is 0.395 e. The molecule has 1 N–H and O–H groups in total. The van der Waals surface area contributed by atoms with Gasteiger partial charge in [0.05, 0.1) is 12.3 Å². The third-order valence-corrected chi connectivity index (χ3v) is 3.87. The van der Waals surface area contributed by atoms with E-state index in [9.17, 15) is 0 Å². The number of dihydropyridines is 1. The summed E-state index contributed by atoms with van der Waals surface area (Å²) in [6.45, 7) is 5.24. The van der Waals surface area contributed by atoms with E-state index in [1.165, 1.54) is 5.70 Å². The van der Waals surface area contributed by atoms with Crippen LogP contribution in [0.5, 0.6) is 0 Å². The molecule has 0 aliphatic carbocycles. The summed E-state index contributed by atoms with van der Waals surface area (Å²) >= 11 is 2.35. The molecule has 5 heteroatoms. The van der Waals surface area contributed by atoms with Crippen LogP contribution in [0.1, 0.15) is 6.42 Å². The fourth-order valence-corrected chi connectivity index (χ4v) is 2.49. The molecular weight excluding hydrogens is 317 g/mol. The molecule has 0 aromatic heterocycles. The first-order valence-electron chi connectivity index (χ1n) is 5.75. The number of halogens is 1. The Bertz CT molecular complexity index is 285. The summed E-state index contributed by atoms with van der Waals surface area (Å²) in [4.78, 5) is 9.13. The van der Waals surface area contributed by atoms with Gasteiger partial charge in [-0.3, -0.25) is 9.89 Å². The van der Waals surface area contributed by atoms with Crippen LogP contribution in [0.4, 0.5) is 0 Å². The van der Waals surface area contributed by atoms with Gasteiger partial charge in [-0.05, 0) is 6.42 Å². The monoisotopic (exact) mass is 335 g/mol. The minimum atomic E-state index is 0.265. The van der Waals surface area contributed by atoms with E-state index in [1.54, 1.807) is 0 Å². The average Bonchev–Trinajstić information content (AvgIpc) is 2.32. The molecule has 1 unspecified atom stereocenters. The van der Waals surface area contributed by atoms with Crippen molar-refractivity contribution in [1.29, 1.82) is 0 Å². The zero-order chi connectivity index (χ0) is 11.4. The van der Waals surface area contributed by atoms with Crippen molar-refractivity contribution in [3.05, 3.63) is 11.8 Å². The van der Waals surface area contributed by atoms with Gasteiger partial charge in [-0.1, -0.05) is 28.7 Å². The van der Waals surface area contributed by atoms with Crippen molar-refractivity contribution in [2.24, 2.45) is 4.99 Å². The molecule has 0 amide bonds. The molecule has 90 valence electrons. The Hall–Kier alpha value is -0.140. The molecule has 2 heterocycles. The van der Waals surface area contributed by atoms with Crippen LogP contribution in [-0.4, -0.2) is 64.5 Å². The fraction of sp³-hybridized carbons (Fsp3) is 0.727. The number of hydrogen-bond donors (Lipinski definition) is 1. The van der Waals surface area contributed by atoms with Crippen molar-refractivity contribution >= 4 is 28.8 Å². The first kappa shape index (κ1) is 12.3. The Labute approximate surface area is 110 Å². The summed E-state index contributed by atoms with van der Waals surface area (Å²) in [6, 6.07) is 0. The first-order valence-corrected chi connectivity index (χ1v) is 7.00. The first-order chi connectivity index (χ1) is 7.79. The van der Waals surface area contributed by atoms with Gasteiger partial charge in [0.2, 0.25) is 0 Å². The van der Waals surface area contributed by atoms with E-state index in [0.29, 0.717) is 4.05 Å². The van der Waals surface area contributed by atoms with Crippen molar-refractivity contribution in [2.45, 2.75) is 10.5 Å². The van der Waals surface area contributed by atoms with Crippen molar-refractivity contribution in [3.8, 4) is 0 Å². The number of alkyl halides is 1. The highest BCUT2D eigenvalue weighted by Gasteiger charge is 2.18. The number of rotatable bonds is 3. The molecule has 0 saturated carbocycles. The Morgan fingerprint density at radius 3 is 2.69 bits per heavy atom. The van der Waals surface area contributed by atoms with Crippen LogP contribution in [0, 0.1) is 0 Å². The Morgan fingerprint density at radius 1 is 1.38 bits per heavy atom. The van der Waals surface area contributed by atoms with E-state index < -0.39 is 0 Å². The molecule has 1 saturated heterocycles. The number of aliphatic hydroxyl groups is 1. The minimum Gasteiger partial charge on any atom is -0.395 e. The van der Waals surface area contributed by atoms with Gasteiger partial charge < -0.3 is 10.0 Å². The van der Waals surface area contributed by atoms with Crippen molar-refractivity contribution < 1.29 is 5.11 Å². The van der Waals surface area contributed by atoms with Crippen LogP contribution >= 0.6 is 22.6 Å². The lowest BCUT2D eigenvalue weighted by molar-refractivity contribution is 0.135. The summed E-state index contributed by atoms with van der Waals surface area (Å²) in [5.41, 5.74) is 1.27. The van der Waals surface area contributed by atoms with Gasteiger partial charge in [0.15, 0.2) is 0 Å². The second-order valence-electron chi connectivity index (χ2n) is 4.13. The second-order valence-corrected chi connectivity index (χ2v) is 5.57. The van der Waals surface area contributed by atoms with Crippen LogP contribution < -0.4 is 0 Å². The van der Waals surface area contributed by atoms with Gasteiger partial charge in [0.25, 0.3) is 0 Å². The van der Waals surface area contributed by atoms with Gasteiger partial charge in [-0.25, -0.2) is 0 Å². The third-order valence-electron chi connectivity index (χ3n) is 3.04. The maximum Gasteiger partial charge on any atom is 0.105 e. The predicted molar refractivity (Wildman–Crippen MR) is 74.1 cm³/mol. The molecular formula is C11H18IN3O. The van der Waals surface area contributed by atoms with Crippen LogP contribution in [0.2, 0.25) is 0 Å². The zero-order valence-electron chi connectivity index (χ0n) is 9.35. The van der Waals surface area contributed by atoms with Gasteiger partial charge in [-0.15, -0.1) is 0 Å². The topological polar surface area (TPSA) is 39.1 Å². The smallest absolute Gasteiger partial charge is 0.105 e. The number of aliphatic imine (C=N–C) groups is 1. The summed E-state index contributed by atoms with van der Waals surface area (Å²) in [5.74, 6) is 0. The van der Waals surface area contributed by atoms with Crippen molar-refractivity contribution in [3.63, 3.8) is 0 Å². The van der Waals surface area contributed by atoms with E-state index in [0.717, 1.165) is 39.1 Å². The lowest BCUT2D eigenvalue weighted by atomic mass is 10.2. The molecule has 0 radical (unpaired) electrons. The summed E-state index contributed by atoms with van der Waals surface area (Å²) in [7, 11) is 0. The molecule has 1 atom stereocenters. The van der Waals surface area contributed by atoms with Gasteiger partial charge in [0, 0.05) is 38.9 Å². The van der Waals surface area contributed by atoms with E-state index in [2.05, 4.69) is 43.5 Å². The van der Waals surface area contributed by atoms with Gasteiger partial charge in [0.1, 0.15) is 4.05 Å². The van der Waals surface area contributed by atoms with E-state index in [-0.39, 0.29) is 6.61 Å². The summed E-state index contributed by atoms with van der Waals surface area (Å²) in [5, 5.41) is 8.87. The SMILES string of the molecule is OCCN1CCN(C2=CCC(I)N=C2)CC1. The number of aliphatic hydroxyl groups excluding tert-OH is 1. The zero-order valence-corrected chi connectivity index (χ0v) is 11.5. The average molecular weight is 335 g/mol. The number of allylic oxidation sites excluding steroid dienone is 1. The molecule has 0 spiro atoms. The number of nitrogens with zero attached hydrogens (tertiary/aromatic N) is 3. The Balaban J connectivity index is 1.83. The van der Waals surface area contributed by atoms with Gasteiger partial charge >= 0.3 is 0 Å². The standard InChI is InChI=1S/C11H18IN3O/c12-11-2-1-10(9-13-11)15-5-3-14(4-6-15)7-8-16/h1,9,11,16H,2-8H2. The third kappa shape index (κ3) is 3.18. The van der Waals surface area contributed by atoms with Gasteiger partial charge in [-0.2, -0.15) is 0 Å². The molecule has 2 aliphatic rings. The molecule has 0 aromatic carbocycles. The lowest BCUT2D eigenvalue weighted by Crippen LogP contribution is -2.47. The normalized spacial score (nSPS) is 27.0. The highest BCUT2D eigenvalue weighted by atomic mass is 127. The predicted octanol–water partition coefficient (Wildman–Crippen LogP) is 0.716. The lowest BCUT2D eigenvalue weighted by Gasteiger charge is -2.36. The molecule has 2 rings (SSSR count). The van der Waals surface area contributed by atoms with Crippen LogP contribution in [0.3, 0.4) is 0 Å². The van der Waals surface area contributed by atoms with Crippen LogP contribution in [0.15, 0.2) is 16.8 Å². The Morgan fingerprint density at radius 2 is 2.12 bits per heavy atom. The summed E-state index contributed by atoms with van der Waals surface area (Å²) < 4.78 is 0.414. The molecule has 1 fully saturated rings. The van der Waals surface area contributed by atoms with E-state index in [4.69, 9.17) is 5.11 Å². The highest BCUT2D eigenvalue weighted by molar-refractivity contribution is 14.1. The van der Waals surface area contributed by atoms with Crippen molar-refractivity contribution in [1.82, 2.24) is 9.80 Å². The second kappa shape index (κ2) is 5.97. The maximum atomic E-state index is 8.87. The van der Waals surface area contributed by atoms with E-state index in [1.807, 2.05) is 6.21 Å². The molecule has 0 bridgehead atoms. The molecule has 16 heavy (non-hydrogen) atoms. The number of piperazine rings is 1. The molecule has 0 aromatic rings. The van der Waals surface area contributed by atoms with E-state index >= 15 is 0 Å². The number of β-amino-alcohol motifs (C(OH)–C–C–N with tert-alkyl or cyclic N) is 1. The fourth-order valence-electron chi connectivity index (χ4n) is 2.07. The molecule has 2 aliphatic heterocycles. The Kier molecular flexibility index (Phi) is 4.60. The summed E-state index contributed by atoms with van der Waals surface area (Å²) in [6.07, 6.45) is 5.33. The molecule has 4 nitrogen and oxygen atoms in total. The van der Waals surface area contributed by atoms with Crippen molar-refractivity contribution in [2.75, 3.05) is 39.3 Å². The highest BCUT2D eigenvalue weighted by Crippen LogP contribution is 2.17. The van der Waals surface area contributed by atoms with Crippen LogP contribution in [0.25, 0.3) is 0 Å². The van der Waals surface area contributed by atoms with Crippen LogP contribution in [-0.2, 0) is 0 Å².